The molecule has 2 aromatic carbocycles. The number of fused-ring (bicyclic) bond motifs is 1. The highest BCUT2D eigenvalue weighted by atomic mass is 19.1. The number of pyridine rings is 1. The number of carbonyl (C=O) groups excluding carboxylic acids is 3. The van der Waals surface area contributed by atoms with E-state index >= 15 is 4.39 Å². The second kappa shape index (κ2) is 16.1. The second-order valence-corrected chi connectivity index (χ2v) is 14.6. The van der Waals surface area contributed by atoms with Crippen molar-refractivity contribution in [1.29, 1.82) is 0 Å². The fourth-order valence-electron chi connectivity index (χ4n) is 8.23. The van der Waals surface area contributed by atoms with Gasteiger partial charge in [0.1, 0.15) is 29.6 Å². The van der Waals surface area contributed by atoms with Gasteiger partial charge in [-0.25, -0.2) is 24.2 Å². The Balaban J connectivity index is 1.13. The Morgan fingerprint density at radius 1 is 1.04 bits per heavy atom. The summed E-state index contributed by atoms with van der Waals surface area (Å²) in [5, 5.41) is 16.0. The number of halogens is 1. The summed E-state index contributed by atoms with van der Waals surface area (Å²) in [4.78, 5) is 57.8. The molecular formula is C40H50FN9O4. The van der Waals surface area contributed by atoms with E-state index in [0.29, 0.717) is 17.8 Å². The van der Waals surface area contributed by atoms with E-state index in [4.69, 9.17) is 4.98 Å². The first-order chi connectivity index (χ1) is 26.1. The lowest BCUT2D eigenvalue weighted by Crippen LogP contribution is -2.76. The number of carbonyl (C=O) groups is 3. The number of urea groups is 1. The Kier molecular flexibility index (Phi) is 11.1. The van der Waals surface area contributed by atoms with Crippen LogP contribution in [-0.4, -0.2) is 141 Å². The zero-order chi connectivity index (χ0) is 37.9. The van der Waals surface area contributed by atoms with Crippen LogP contribution in [0, 0.1) is 5.82 Å². The molecule has 0 bridgehead atoms. The Labute approximate surface area is 316 Å². The molecule has 0 spiro atoms. The number of rotatable bonds is 11. The average Bonchev–Trinajstić information content (AvgIpc) is 3.13. The van der Waals surface area contributed by atoms with Gasteiger partial charge in [0.25, 0.3) is 0 Å². The number of amides is 4. The maximum absolute atomic E-state index is 15.2. The number of benzene rings is 2. The van der Waals surface area contributed by atoms with Gasteiger partial charge in [-0.3, -0.25) is 19.4 Å². The van der Waals surface area contributed by atoms with Gasteiger partial charge in [-0.05, 0) is 42.8 Å². The van der Waals surface area contributed by atoms with Gasteiger partial charge in [0, 0.05) is 70.4 Å². The molecular weight excluding hydrogens is 689 g/mol. The van der Waals surface area contributed by atoms with Crippen LogP contribution in [0.3, 0.4) is 0 Å². The van der Waals surface area contributed by atoms with E-state index in [-0.39, 0.29) is 62.3 Å². The van der Waals surface area contributed by atoms with Gasteiger partial charge >= 0.3 is 6.03 Å². The molecule has 0 saturated carbocycles. The van der Waals surface area contributed by atoms with Gasteiger partial charge in [0.15, 0.2) is 0 Å². The van der Waals surface area contributed by atoms with Crippen molar-refractivity contribution in [3.05, 3.63) is 102 Å². The van der Waals surface area contributed by atoms with E-state index in [1.165, 1.54) is 22.0 Å². The Hall–Kier alpha value is -5.05. The van der Waals surface area contributed by atoms with Crippen LogP contribution in [0.4, 0.5) is 15.0 Å². The van der Waals surface area contributed by atoms with Gasteiger partial charge in [-0.15, -0.1) is 6.58 Å². The number of hydrazine groups is 1. The van der Waals surface area contributed by atoms with Gasteiger partial charge in [0.05, 0.1) is 25.3 Å². The number of likely N-dealkylation sites (N-methyl/N-ethyl adjacent to an activating group) is 1. The smallest absolute Gasteiger partial charge is 0.334 e. The van der Waals surface area contributed by atoms with Crippen LogP contribution in [0.5, 0.6) is 5.75 Å². The molecule has 4 aliphatic heterocycles. The van der Waals surface area contributed by atoms with Gasteiger partial charge in [-0.1, -0.05) is 55.5 Å². The molecule has 14 heteroatoms. The van der Waals surface area contributed by atoms with E-state index in [1.54, 1.807) is 16.0 Å². The first-order valence-corrected chi connectivity index (χ1v) is 18.9. The van der Waals surface area contributed by atoms with Crippen LogP contribution >= 0.6 is 0 Å². The Morgan fingerprint density at radius 2 is 1.83 bits per heavy atom. The minimum atomic E-state index is -1.11. The van der Waals surface area contributed by atoms with E-state index in [2.05, 4.69) is 40.4 Å². The first kappa shape index (κ1) is 37.3. The highest BCUT2D eigenvalue weighted by Gasteiger charge is 2.51. The number of hydrogen-bond acceptors (Lipinski definition) is 9. The molecule has 7 rings (SSSR count). The van der Waals surface area contributed by atoms with Crippen LogP contribution in [0.25, 0.3) is 0 Å². The van der Waals surface area contributed by atoms with Crippen molar-refractivity contribution in [1.82, 2.24) is 39.9 Å². The second-order valence-electron chi connectivity index (χ2n) is 14.6. The monoisotopic (exact) mass is 739 g/mol. The number of aromatic hydroxyl groups is 1. The van der Waals surface area contributed by atoms with Crippen LogP contribution in [0.1, 0.15) is 30.7 Å². The van der Waals surface area contributed by atoms with Crippen LogP contribution in [0.2, 0.25) is 0 Å². The van der Waals surface area contributed by atoms with Gasteiger partial charge < -0.3 is 25.1 Å². The summed E-state index contributed by atoms with van der Waals surface area (Å²) in [5.74, 6) is -0.816. The van der Waals surface area contributed by atoms with Crippen molar-refractivity contribution < 1.29 is 23.9 Å². The van der Waals surface area contributed by atoms with Crippen molar-refractivity contribution in [3.63, 3.8) is 0 Å². The largest absolute Gasteiger partial charge is 0.508 e. The SMILES string of the molecule is C=CCN1CC(=O)N2C(Cc3ccc(O)cc3F)C(=O)N(Cc3cccc(N4CC(N5CCN(CC)[C@@H](C)C5)C4)n3)CC2N1C(=O)NCc1ccccc1. The number of nitrogens with zero attached hydrogens (tertiary/aromatic N) is 8. The lowest BCUT2D eigenvalue weighted by molar-refractivity contribution is -0.189. The maximum Gasteiger partial charge on any atom is 0.334 e. The number of anilines is 1. The summed E-state index contributed by atoms with van der Waals surface area (Å²) in [6, 6.07) is 18.5. The van der Waals surface area contributed by atoms with Crippen molar-refractivity contribution >= 4 is 23.7 Å². The number of phenolic OH excluding ortho intramolecular Hbond substituents is 1. The van der Waals surface area contributed by atoms with Crippen molar-refractivity contribution in [2.45, 2.75) is 57.6 Å². The average molecular weight is 740 g/mol. The van der Waals surface area contributed by atoms with Crippen LogP contribution in [-0.2, 0) is 29.1 Å². The molecule has 0 radical (unpaired) electrons. The van der Waals surface area contributed by atoms with Crippen molar-refractivity contribution in [2.24, 2.45) is 0 Å². The third-order valence-corrected chi connectivity index (χ3v) is 11.2. The van der Waals surface area contributed by atoms with E-state index < -0.39 is 24.1 Å². The summed E-state index contributed by atoms with van der Waals surface area (Å²) in [7, 11) is 0. The summed E-state index contributed by atoms with van der Waals surface area (Å²) in [6.07, 6.45) is 0.592. The zero-order valence-corrected chi connectivity index (χ0v) is 31.1. The summed E-state index contributed by atoms with van der Waals surface area (Å²) in [6.45, 7) is 14.8. The molecule has 54 heavy (non-hydrogen) atoms. The summed E-state index contributed by atoms with van der Waals surface area (Å²) in [5.41, 5.74) is 1.74. The lowest BCUT2D eigenvalue weighted by Gasteiger charge is -2.55. The quantitative estimate of drug-likeness (QED) is 0.287. The fourth-order valence-corrected chi connectivity index (χ4v) is 8.23. The zero-order valence-electron chi connectivity index (χ0n) is 31.1. The number of aromatic nitrogens is 1. The maximum atomic E-state index is 15.2. The minimum absolute atomic E-state index is 0.0190. The topological polar surface area (TPSA) is 119 Å². The van der Waals surface area contributed by atoms with Crippen LogP contribution in [0.15, 0.2) is 79.4 Å². The molecule has 4 fully saturated rings. The van der Waals surface area contributed by atoms with E-state index in [0.717, 1.165) is 56.7 Å². The standard InChI is InChI=1S/C40H50FN9O4/c1-4-16-48-27-38(52)49-35(19-30-14-15-33(51)20-34(30)41)39(53)47(26-37(49)50(48)40(54)42-21-29-10-7-6-8-11-29)23-31-12-9-13-36(43-31)46-24-32(25-46)45-18-17-44(5-2)28(3)22-45/h4,6-15,20,28,32,35,37,51H,1,5,16-19,21-27H2,2-3H3,(H,42,54)/t28-,35?,37?/m0/s1. The number of hydrogen-bond donors (Lipinski definition) is 2. The molecule has 13 nitrogen and oxygen atoms in total. The molecule has 4 aliphatic rings. The van der Waals surface area contributed by atoms with E-state index in [1.807, 2.05) is 48.5 Å². The molecule has 4 saturated heterocycles. The minimum Gasteiger partial charge on any atom is -0.508 e. The molecule has 286 valence electrons. The fraction of sp³-hybridized carbons (Fsp3) is 0.450. The van der Waals surface area contributed by atoms with Gasteiger partial charge in [0.2, 0.25) is 11.8 Å². The third kappa shape index (κ3) is 7.77. The predicted molar refractivity (Wildman–Crippen MR) is 202 cm³/mol. The molecule has 0 aliphatic carbocycles. The summed E-state index contributed by atoms with van der Waals surface area (Å²) >= 11 is 0. The molecule has 5 heterocycles. The van der Waals surface area contributed by atoms with E-state index in [9.17, 15) is 19.5 Å². The highest BCUT2D eigenvalue weighted by molar-refractivity contribution is 5.91. The number of nitrogens with one attached hydrogen (secondary N) is 1. The predicted octanol–water partition coefficient (Wildman–Crippen LogP) is 2.88. The van der Waals surface area contributed by atoms with Crippen molar-refractivity contribution in [3.8, 4) is 5.75 Å². The lowest BCUT2D eigenvalue weighted by atomic mass is 9.98. The summed E-state index contributed by atoms with van der Waals surface area (Å²) < 4.78 is 15.2. The Bertz CT molecular complexity index is 1840. The number of phenols is 1. The molecule has 3 atom stereocenters. The van der Waals surface area contributed by atoms with Crippen LogP contribution < -0.4 is 10.2 Å². The third-order valence-electron chi connectivity index (χ3n) is 11.2. The van der Waals surface area contributed by atoms with Gasteiger partial charge in [-0.2, -0.15) is 0 Å². The van der Waals surface area contributed by atoms with Crippen molar-refractivity contribution in [2.75, 3.05) is 63.8 Å². The first-order valence-electron chi connectivity index (χ1n) is 18.9. The number of piperazine rings is 2. The molecule has 2 N–H and O–H groups in total. The normalized spacial score (nSPS) is 23.0. The highest BCUT2D eigenvalue weighted by Crippen LogP contribution is 2.31. The molecule has 2 unspecified atom stereocenters. The molecule has 3 aromatic rings. The Morgan fingerprint density at radius 3 is 2.56 bits per heavy atom. The molecule has 1 aromatic heterocycles. The molecule has 4 amide bonds.